The molecule has 0 saturated heterocycles. The normalized spacial score (nSPS) is 15.0. The molecule has 1 aliphatic heterocycles. The molecule has 9 heteroatoms. The standard InChI is InChI=1S/C31H44N2O6.ClH/c1-6-9-10-11-12-15-20-39-26(34)19-18-23-16-13-14-17-24(23)28-27(30(35)37-7-2)22(4)33-25(21-32-5)29(28)31(36)38-8-3;/h13-14,16-19,28,32-33H,6-12,15,20-21H2,1-5H3;1H. The first kappa shape index (κ1) is 34.9. The molecular formula is C31H45ClN2O6. The maximum Gasteiger partial charge on any atom is 0.336 e. The molecule has 0 saturated carbocycles. The average molecular weight is 577 g/mol. The Morgan fingerprint density at radius 1 is 0.900 bits per heavy atom. The quantitative estimate of drug-likeness (QED) is 0.114. The zero-order chi connectivity index (χ0) is 28.6. The van der Waals surface area contributed by atoms with Crippen LogP contribution in [0.1, 0.15) is 83.3 Å². The lowest BCUT2D eigenvalue weighted by Crippen LogP contribution is -2.36. The molecule has 0 aliphatic carbocycles. The fourth-order valence-electron chi connectivity index (χ4n) is 4.64. The Hall–Kier alpha value is -3.10. The van der Waals surface area contributed by atoms with Gasteiger partial charge in [-0.3, -0.25) is 0 Å². The summed E-state index contributed by atoms with van der Waals surface area (Å²) >= 11 is 0. The number of dihydropyridines is 1. The minimum absolute atomic E-state index is 0. The second-order valence-electron chi connectivity index (χ2n) is 9.36. The molecule has 40 heavy (non-hydrogen) atoms. The predicted molar refractivity (Wildman–Crippen MR) is 160 cm³/mol. The van der Waals surface area contributed by atoms with Crippen molar-refractivity contribution in [2.24, 2.45) is 0 Å². The van der Waals surface area contributed by atoms with Crippen molar-refractivity contribution >= 4 is 36.4 Å². The van der Waals surface area contributed by atoms with Crippen molar-refractivity contribution in [3.05, 3.63) is 64.0 Å². The van der Waals surface area contributed by atoms with Crippen LogP contribution in [0.5, 0.6) is 0 Å². The van der Waals surface area contributed by atoms with Crippen LogP contribution in [-0.2, 0) is 28.6 Å². The van der Waals surface area contributed by atoms with Gasteiger partial charge in [-0.25, -0.2) is 14.4 Å². The van der Waals surface area contributed by atoms with E-state index in [1.165, 1.54) is 25.3 Å². The fraction of sp³-hybridized carbons (Fsp3) is 0.516. The topological polar surface area (TPSA) is 103 Å². The number of carbonyl (C=O) groups is 3. The second-order valence-corrected chi connectivity index (χ2v) is 9.36. The number of esters is 3. The highest BCUT2D eigenvalue weighted by molar-refractivity contribution is 6.00. The van der Waals surface area contributed by atoms with Crippen LogP contribution in [0, 0.1) is 0 Å². The molecule has 1 unspecified atom stereocenters. The molecular weight excluding hydrogens is 532 g/mol. The molecule has 2 rings (SSSR count). The lowest BCUT2D eigenvalue weighted by molar-refractivity contribution is -0.140. The number of benzene rings is 1. The van der Waals surface area contributed by atoms with Crippen LogP contribution in [-0.4, -0.2) is 51.3 Å². The molecule has 0 fully saturated rings. The van der Waals surface area contributed by atoms with E-state index in [9.17, 15) is 14.4 Å². The number of hydrogen-bond donors (Lipinski definition) is 2. The third-order valence-corrected chi connectivity index (χ3v) is 6.44. The SMILES string of the molecule is CCCCCCCCOC(=O)C=Cc1ccccc1C1C(C(=O)OCC)=C(C)NC(CNC)=C1C(=O)OCC.Cl. The molecule has 222 valence electrons. The zero-order valence-corrected chi connectivity index (χ0v) is 25.3. The Balaban J connectivity index is 0.00000800. The van der Waals surface area contributed by atoms with Crippen LogP contribution in [0.4, 0.5) is 0 Å². The molecule has 0 spiro atoms. The Labute approximate surface area is 245 Å². The van der Waals surface area contributed by atoms with E-state index in [2.05, 4.69) is 17.6 Å². The molecule has 0 radical (unpaired) electrons. The molecule has 1 aromatic carbocycles. The van der Waals surface area contributed by atoms with Crippen molar-refractivity contribution in [1.29, 1.82) is 0 Å². The first-order valence-electron chi connectivity index (χ1n) is 14.0. The van der Waals surface area contributed by atoms with Crippen molar-refractivity contribution in [1.82, 2.24) is 10.6 Å². The smallest absolute Gasteiger partial charge is 0.336 e. The molecule has 0 bridgehead atoms. The third kappa shape index (κ3) is 10.1. The van der Waals surface area contributed by atoms with Crippen LogP contribution in [0.25, 0.3) is 6.08 Å². The predicted octanol–water partition coefficient (Wildman–Crippen LogP) is 5.59. The summed E-state index contributed by atoms with van der Waals surface area (Å²) in [5, 5.41) is 6.29. The number of rotatable bonds is 16. The molecule has 0 amide bonds. The van der Waals surface area contributed by atoms with Gasteiger partial charge in [0.2, 0.25) is 0 Å². The summed E-state index contributed by atoms with van der Waals surface area (Å²) in [6, 6.07) is 7.37. The van der Waals surface area contributed by atoms with Gasteiger partial charge >= 0.3 is 17.9 Å². The van der Waals surface area contributed by atoms with Crippen molar-refractivity contribution in [2.75, 3.05) is 33.4 Å². The fourth-order valence-corrected chi connectivity index (χ4v) is 4.64. The number of nitrogens with one attached hydrogen (secondary N) is 2. The lowest BCUT2D eigenvalue weighted by atomic mass is 9.78. The number of carbonyl (C=O) groups excluding carboxylic acids is 3. The summed E-state index contributed by atoms with van der Waals surface area (Å²) in [6.45, 7) is 8.56. The van der Waals surface area contributed by atoms with E-state index >= 15 is 0 Å². The van der Waals surface area contributed by atoms with Crippen LogP contribution >= 0.6 is 12.4 Å². The first-order chi connectivity index (χ1) is 18.9. The Kier molecular flexibility index (Phi) is 16.6. The number of halogens is 1. The van der Waals surface area contributed by atoms with Crippen LogP contribution in [0.15, 0.2) is 52.9 Å². The zero-order valence-electron chi connectivity index (χ0n) is 24.5. The van der Waals surface area contributed by atoms with Gasteiger partial charge in [0.05, 0.1) is 36.9 Å². The molecule has 8 nitrogen and oxygen atoms in total. The van der Waals surface area contributed by atoms with Gasteiger partial charge in [-0.2, -0.15) is 0 Å². The van der Waals surface area contributed by atoms with Gasteiger partial charge in [-0.15, -0.1) is 12.4 Å². The van der Waals surface area contributed by atoms with Gasteiger partial charge in [-0.1, -0.05) is 63.3 Å². The number of unbranched alkanes of at least 4 members (excludes halogenated alkanes) is 5. The average Bonchev–Trinajstić information content (AvgIpc) is 2.91. The monoisotopic (exact) mass is 576 g/mol. The highest BCUT2D eigenvalue weighted by atomic mass is 35.5. The van der Waals surface area contributed by atoms with E-state index in [4.69, 9.17) is 14.2 Å². The van der Waals surface area contributed by atoms with E-state index in [0.717, 1.165) is 19.3 Å². The largest absolute Gasteiger partial charge is 0.463 e. The van der Waals surface area contributed by atoms with Gasteiger partial charge in [0.15, 0.2) is 0 Å². The summed E-state index contributed by atoms with van der Waals surface area (Å²) in [5.74, 6) is -2.23. The first-order valence-corrected chi connectivity index (χ1v) is 14.0. The van der Waals surface area contributed by atoms with Crippen molar-refractivity contribution in [3.8, 4) is 0 Å². The summed E-state index contributed by atoms with van der Waals surface area (Å²) in [7, 11) is 1.78. The van der Waals surface area contributed by atoms with E-state index in [1.54, 1.807) is 33.9 Å². The highest BCUT2D eigenvalue weighted by Crippen LogP contribution is 2.41. The van der Waals surface area contributed by atoms with Crippen molar-refractivity contribution in [2.45, 2.75) is 72.1 Å². The van der Waals surface area contributed by atoms with Crippen molar-refractivity contribution in [3.63, 3.8) is 0 Å². The number of likely N-dealkylation sites (N-methyl/N-ethyl adjacent to an activating group) is 1. The molecule has 2 N–H and O–H groups in total. The Morgan fingerprint density at radius 2 is 1.52 bits per heavy atom. The molecule has 1 aromatic rings. The van der Waals surface area contributed by atoms with E-state index in [1.807, 2.05) is 24.3 Å². The van der Waals surface area contributed by atoms with Gasteiger partial charge in [-0.05, 0) is 51.4 Å². The summed E-state index contributed by atoms with van der Waals surface area (Å²) < 4.78 is 16.2. The van der Waals surface area contributed by atoms with E-state index in [0.29, 0.717) is 46.8 Å². The summed E-state index contributed by atoms with van der Waals surface area (Å²) in [6.07, 6.45) is 9.71. The van der Waals surface area contributed by atoms with Gasteiger partial charge in [0.1, 0.15) is 0 Å². The summed E-state index contributed by atoms with van der Waals surface area (Å²) in [4.78, 5) is 38.9. The molecule has 1 heterocycles. The molecule has 0 aromatic heterocycles. The lowest BCUT2D eigenvalue weighted by Gasteiger charge is -2.32. The van der Waals surface area contributed by atoms with Gasteiger partial charge in [0.25, 0.3) is 0 Å². The number of hydrogen-bond acceptors (Lipinski definition) is 8. The Morgan fingerprint density at radius 3 is 2.17 bits per heavy atom. The minimum atomic E-state index is -0.757. The van der Waals surface area contributed by atoms with Gasteiger partial charge in [0, 0.05) is 24.0 Å². The van der Waals surface area contributed by atoms with Crippen LogP contribution < -0.4 is 10.6 Å². The van der Waals surface area contributed by atoms with Crippen LogP contribution in [0.2, 0.25) is 0 Å². The Bertz CT molecular complexity index is 1080. The van der Waals surface area contributed by atoms with Crippen molar-refractivity contribution < 1.29 is 28.6 Å². The third-order valence-electron chi connectivity index (χ3n) is 6.44. The summed E-state index contributed by atoms with van der Waals surface area (Å²) in [5.41, 5.74) is 3.22. The maximum absolute atomic E-state index is 13.3. The minimum Gasteiger partial charge on any atom is -0.463 e. The highest BCUT2D eigenvalue weighted by Gasteiger charge is 2.39. The van der Waals surface area contributed by atoms with Gasteiger partial charge < -0.3 is 24.8 Å². The van der Waals surface area contributed by atoms with E-state index in [-0.39, 0.29) is 25.6 Å². The second kappa shape index (κ2) is 19.1. The molecule has 1 aliphatic rings. The maximum atomic E-state index is 13.3. The number of ether oxygens (including phenoxy) is 3. The van der Waals surface area contributed by atoms with Crippen LogP contribution in [0.3, 0.4) is 0 Å². The number of allylic oxidation sites excluding steroid dienone is 1. The molecule has 1 atom stereocenters. The van der Waals surface area contributed by atoms with E-state index < -0.39 is 23.8 Å².